The molecule has 0 aliphatic carbocycles. The molecule has 1 aromatic heterocycles. The number of hydrogen-bond donors (Lipinski definition) is 1. The summed E-state index contributed by atoms with van der Waals surface area (Å²) in [5.41, 5.74) is 2.45. The first-order valence-electron chi connectivity index (χ1n) is 7.82. The number of hydrogen-bond acceptors (Lipinski definition) is 0. The molecule has 3 aromatic carbocycles. The maximum atomic E-state index is 3.52. The van der Waals surface area contributed by atoms with Gasteiger partial charge in [-0.25, -0.2) is 0 Å². The van der Waals surface area contributed by atoms with Crippen molar-refractivity contribution in [1.29, 1.82) is 0 Å². The third-order valence-electron chi connectivity index (χ3n) is 3.41. The number of rotatable bonds is 0. The lowest BCUT2D eigenvalue weighted by molar-refractivity contribution is 1.50. The molecule has 0 aliphatic rings. The van der Waals surface area contributed by atoms with E-state index in [9.17, 15) is 0 Å². The van der Waals surface area contributed by atoms with Crippen LogP contribution < -0.4 is 0 Å². The van der Waals surface area contributed by atoms with Gasteiger partial charge in [0.2, 0.25) is 0 Å². The Morgan fingerprint density at radius 3 is 1.95 bits per heavy atom. The lowest BCUT2D eigenvalue weighted by Crippen LogP contribution is -1.74. The fourth-order valence-electron chi connectivity index (χ4n) is 2.59. The SMILES string of the molecule is CC.CC.c1ccc2c(c1)ccc1c3ccccc3[nH]c21. The number of H-pyrrole nitrogens is 1. The third kappa shape index (κ3) is 2.64. The van der Waals surface area contributed by atoms with E-state index >= 15 is 0 Å². The van der Waals surface area contributed by atoms with Gasteiger partial charge in [-0.05, 0) is 11.5 Å². The zero-order valence-corrected chi connectivity index (χ0v) is 13.3. The third-order valence-corrected chi connectivity index (χ3v) is 3.41. The van der Waals surface area contributed by atoms with Crippen molar-refractivity contribution in [3.63, 3.8) is 0 Å². The van der Waals surface area contributed by atoms with Crippen molar-refractivity contribution in [2.45, 2.75) is 27.7 Å². The summed E-state index contributed by atoms with van der Waals surface area (Å²) in [5.74, 6) is 0. The van der Waals surface area contributed by atoms with Crippen LogP contribution in [0.1, 0.15) is 27.7 Å². The largest absolute Gasteiger partial charge is 0.354 e. The van der Waals surface area contributed by atoms with E-state index in [-0.39, 0.29) is 0 Å². The summed E-state index contributed by atoms with van der Waals surface area (Å²) in [4.78, 5) is 3.52. The summed E-state index contributed by atoms with van der Waals surface area (Å²) in [5, 5.41) is 5.18. The average molecular weight is 277 g/mol. The van der Waals surface area contributed by atoms with E-state index < -0.39 is 0 Å². The Kier molecular flexibility index (Phi) is 4.99. The molecule has 1 nitrogen and oxygen atoms in total. The molecule has 0 saturated carbocycles. The minimum atomic E-state index is 1.21. The van der Waals surface area contributed by atoms with Crippen LogP contribution in [-0.2, 0) is 0 Å². The van der Waals surface area contributed by atoms with Gasteiger partial charge in [0.25, 0.3) is 0 Å². The minimum absolute atomic E-state index is 1.21. The molecule has 4 aromatic rings. The van der Waals surface area contributed by atoms with E-state index in [0.717, 1.165) is 0 Å². The summed E-state index contributed by atoms with van der Waals surface area (Å²) in [6.07, 6.45) is 0. The smallest absolute Gasteiger partial charge is 0.0544 e. The quantitative estimate of drug-likeness (QED) is 0.376. The number of aromatic amines is 1. The molecule has 1 heterocycles. The normalized spacial score (nSPS) is 9.90. The van der Waals surface area contributed by atoms with Crippen LogP contribution >= 0.6 is 0 Å². The van der Waals surface area contributed by atoms with Crippen LogP contribution in [0.4, 0.5) is 0 Å². The molecule has 108 valence electrons. The van der Waals surface area contributed by atoms with Gasteiger partial charge in [0.05, 0.1) is 5.52 Å². The number of fused-ring (bicyclic) bond motifs is 5. The van der Waals surface area contributed by atoms with Gasteiger partial charge in [-0.3, -0.25) is 0 Å². The molecule has 0 spiro atoms. The maximum Gasteiger partial charge on any atom is 0.0544 e. The topological polar surface area (TPSA) is 15.8 Å². The molecule has 0 saturated heterocycles. The Labute approximate surface area is 126 Å². The van der Waals surface area contributed by atoms with E-state index in [2.05, 4.69) is 65.6 Å². The summed E-state index contributed by atoms with van der Waals surface area (Å²) in [6, 6.07) is 21.4. The first-order chi connectivity index (χ1) is 10.4. The lowest BCUT2D eigenvalue weighted by Gasteiger charge is -1.98. The van der Waals surface area contributed by atoms with Crippen LogP contribution in [0.2, 0.25) is 0 Å². The molecular weight excluding hydrogens is 254 g/mol. The zero-order valence-electron chi connectivity index (χ0n) is 13.3. The molecule has 1 N–H and O–H groups in total. The van der Waals surface area contributed by atoms with Crippen molar-refractivity contribution in [3.8, 4) is 0 Å². The predicted molar refractivity (Wildman–Crippen MR) is 96.0 cm³/mol. The van der Waals surface area contributed by atoms with Crippen LogP contribution in [0.15, 0.2) is 60.7 Å². The molecule has 0 fully saturated rings. The zero-order chi connectivity index (χ0) is 15.2. The molecule has 1 heteroatoms. The summed E-state index contributed by atoms with van der Waals surface area (Å²) in [7, 11) is 0. The van der Waals surface area contributed by atoms with Crippen LogP contribution in [-0.4, -0.2) is 4.98 Å². The van der Waals surface area contributed by atoms with Gasteiger partial charge in [-0.1, -0.05) is 82.3 Å². The molecule has 21 heavy (non-hydrogen) atoms. The van der Waals surface area contributed by atoms with Crippen LogP contribution in [0.3, 0.4) is 0 Å². The highest BCUT2D eigenvalue weighted by atomic mass is 14.7. The first-order valence-corrected chi connectivity index (χ1v) is 7.82. The van der Waals surface area contributed by atoms with Crippen molar-refractivity contribution in [1.82, 2.24) is 4.98 Å². The van der Waals surface area contributed by atoms with Crippen molar-refractivity contribution < 1.29 is 0 Å². The van der Waals surface area contributed by atoms with Crippen LogP contribution in [0.25, 0.3) is 32.6 Å². The van der Waals surface area contributed by atoms with Crippen LogP contribution in [0, 0.1) is 0 Å². The second-order valence-electron chi connectivity index (χ2n) is 4.38. The van der Waals surface area contributed by atoms with Crippen molar-refractivity contribution >= 4 is 32.6 Å². The van der Waals surface area contributed by atoms with E-state index in [1.54, 1.807) is 0 Å². The average Bonchev–Trinajstić information content (AvgIpc) is 2.98. The lowest BCUT2D eigenvalue weighted by atomic mass is 10.1. The molecule has 0 amide bonds. The fourth-order valence-corrected chi connectivity index (χ4v) is 2.59. The van der Waals surface area contributed by atoms with Gasteiger partial charge < -0.3 is 4.98 Å². The van der Waals surface area contributed by atoms with Gasteiger partial charge in [-0.15, -0.1) is 0 Å². The number of nitrogens with one attached hydrogen (secondary N) is 1. The van der Waals surface area contributed by atoms with Crippen LogP contribution in [0.5, 0.6) is 0 Å². The summed E-state index contributed by atoms with van der Waals surface area (Å²) in [6.45, 7) is 8.00. The highest BCUT2D eigenvalue weighted by molar-refractivity contribution is 6.16. The second kappa shape index (κ2) is 6.94. The molecule has 4 rings (SSSR count). The molecule has 0 unspecified atom stereocenters. The fraction of sp³-hybridized carbons (Fsp3) is 0.200. The molecule has 0 radical (unpaired) electrons. The number of para-hydroxylation sites is 1. The maximum absolute atomic E-state index is 3.52. The van der Waals surface area contributed by atoms with Crippen molar-refractivity contribution in [2.75, 3.05) is 0 Å². The second-order valence-corrected chi connectivity index (χ2v) is 4.38. The van der Waals surface area contributed by atoms with Gasteiger partial charge in [-0.2, -0.15) is 0 Å². The van der Waals surface area contributed by atoms with Gasteiger partial charge >= 0.3 is 0 Å². The van der Waals surface area contributed by atoms with Crippen molar-refractivity contribution in [2.24, 2.45) is 0 Å². The summed E-state index contributed by atoms with van der Waals surface area (Å²) >= 11 is 0. The van der Waals surface area contributed by atoms with Gasteiger partial charge in [0, 0.05) is 21.7 Å². The molecular formula is C20H23N. The number of benzene rings is 3. The van der Waals surface area contributed by atoms with Crippen molar-refractivity contribution in [3.05, 3.63) is 60.7 Å². The standard InChI is InChI=1S/C16H11N.2C2H6/c1-2-6-12-11(5-1)9-10-14-13-7-3-4-8-15(13)17-16(12)14;2*1-2/h1-10,17H;2*1-2H3. The monoisotopic (exact) mass is 277 g/mol. The highest BCUT2D eigenvalue weighted by Crippen LogP contribution is 2.30. The van der Waals surface area contributed by atoms with Gasteiger partial charge in [0.15, 0.2) is 0 Å². The van der Waals surface area contributed by atoms with E-state index in [4.69, 9.17) is 0 Å². The van der Waals surface area contributed by atoms with E-state index in [1.807, 2.05) is 27.7 Å². The van der Waals surface area contributed by atoms with E-state index in [0.29, 0.717) is 0 Å². The van der Waals surface area contributed by atoms with E-state index in [1.165, 1.54) is 32.6 Å². The Bertz CT molecular complexity index is 840. The molecule has 0 atom stereocenters. The Balaban J connectivity index is 0.000000374. The first kappa shape index (κ1) is 15.1. The van der Waals surface area contributed by atoms with Gasteiger partial charge in [0.1, 0.15) is 0 Å². The minimum Gasteiger partial charge on any atom is -0.354 e. The number of aromatic nitrogens is 1. The Hall–Kier alpha value is -2.28. The predicted octanol–water partition coefficient (Wildman–Crippen LogP) is 6.53. The molecule has 0 bridgehead atoms. The highest BCUT2D eigenvalue weighted by Gasteiger charge is 2.05. The Morgan fingerprint density at radius 1 is 0.571 bits per heavy atom. The molecule has 0 aliphatic heterocycles. The Morgan fingerprint density at radius 2 is 1.19 bits per heavy atom. The summed E-state index contributed by atoms with van der Waals surface area (Å²) < 4.78 is 0.